The van der Waals surface area contributed by atoms with Gasteiger partial charge in [0.05, 0.1) is 11.5 Å². The Morgan fingerprint density at radius 2 is 2.31 bits per heavy atom. The molecule has 0 bridgehead atoms. The number of imidazole rings is 1. The Morgan fingerprint density at radius 1 is 1.50 bits per heavy atom. The number of H-pyrrole nitrogens is 1. The number of hydrogen-bond donors (Lipinski definition) is 1. The Kier molecular flexibility index (Phi) is 6.00. The van der Waals surface area contributed by atoms with E-state index in [1.165, 1.54) is 5.57 Å². The molecule has 1 aliphatic heterocycles. The molecule has 1 aliphatic rings. The molecule has 0 radical (unpaired) electrons. The lowest BCUT2D eigenvalue weighted by Gasteiger charge is -2.16. The number of nitrogens with zero attached hydrogens (tertiary/aromatic N) is 2. The number of aromatic amines is 1. The molecule has 0 amide bonds. The second-order valence-corrected chi connectivity index (χ2v) is 8.14. The fourth-order valence-corrected chi connectivity index (χ4v) is 4.02. The van der Waals surface area contributed by atoms with Gasteiger partial charge >= 0.3 is 0 Å². The van der Waals surface area contributed by atoms with E-state index in [4.69, 9.17) is 9.72 Å². The van der Waals surface area contributed by atoms with E-state index in [1.807, 2.05) is 18.3 Å². The SMILES string of the molecule is C=C(S/C(=C(/C)C(C)CC)c1nc2c([nH]1)C(=P)CCO2)c1cccnc1. The van der Waals surface area contributed by atoms with Crippen LogP contribution in [0.1, 0.15) is 50.7 Å². The average molecular weight is 385 g/mol. The van der Waals surface area contributed by atoms with Crippen molar-refractivity contribution >= 4 is 35.7 Å². The van der Waals surface area contributed by atoms with Gasteiger partial charge in [-0.05, 0) is 25.3 Å². The third-order valence-corrected chi connectivity index (χ3v) is 6.40. The maximum Gasteiger partial charge on any atom is 0.240 e. The van der Waals surface area contributed by atoms with E-state index in [0.29, 0.717) is 18.4 Å². The molecule has 1 N–H and O–H groups in total. The minimum absolute atomic E-state index is 0.453. The van der Waals surface area contributed by atoms with Crippen molar-refractivity contribution < 1.29 is 4.74 Å². The van der Waals surface area contributed by atoms with Gasteiger partial charge < -0.3 is 9.72 Å². The molecule has 6 heteroatoms. The Bertz CT molecular complexity index is 857. The minimum Gasteiger partial charge on any atom is -0.476 e. The van der Waals surface area contributed by atoms with E-state index in [-0.39, 0.29) is 0 Å². The largest absolute Gasteiger partial charge is 0.476 e. The molecule has 0 saturated carbocycles. The summed E-state index contributed by atoms with van der Waals surface area (Å²) in [5.74, 6) is 1.95. The van der Waals surface area contributed by atoms with Crippen LogP contribution < -0.4 is 4.74 Å². The van der Waals surface area contributed by atoms with Crippen molar-refractivity contribution in [3.05, 3.63) is 53.8 Å². The first kappa shape index (κ1) is 18.9. The van der Waals surface area contributed by atoms with Crippen LogP contribution in [0.4, 0.5) is 0 Å². The van der Waals surface area contributed by atoms with Gasteiger partial charge in [-0.25, -0.2) is 0 Å². The van der Waals surface area contributed by atoms with Gasteiger partial charge in [0.1, 0.15) is 11.5 Å². The lowest BCUT2D eigenvalue weighted by molar-refractivity contribution is 0.310. The average Bonchev–Trinajstić information content (AvgIpc) is 3.10. The van der Waals surface area contributed by atoms with Crippen molar-refractivity contribution in [3.8, 4) is 5.88 Å². The molecule has 3 rings (SSSR count). The van der Waals surface area contributed by atoms with E-state index >= 15 is 0 Å². The summed E-state index contributed by atoms with van der Waals surface area (Å²) in [5, 5.41) is 1.10. The number of pyridine rings is 1. The molecule has 136 valence electrons. The Morgan fingerprint density at radius 3 is 2.96 bits per heavy atom. The summed E-state index contributed by atoms with van der Waals surface area (Å²) < 4.78 is 5.72. The van der Waals surface area contributed by atoms with Gasteiger partial charge in [0.15, 0.2) is 0 Å². The van der Waals surface area contributed by atoms with Crippen molar-refractivity contribution in [1.82, 2.24) is 15.0 Å². The van der Waals surface area contributed by atoms with Crippen LogP contribution in [0.2, 0.25) is 0 Å². The molecule has 1 unspecified atom stereocenters. The molecule has 1 atom stereocenters. The number of hydrogen-bond acceptors (Lipinski definition) is 4. The molecule has 3 heterocycles. The zero-order valence-corrected chi connectivity index (χ0v) is 17.2. The van der Waals surface area contributed by atoms with Gasteiger partial charge in [-0.15, -0.1) is 8.86 Å². The topological polar surface area (TPSA) is 50.8 Å². The van der Waals surface area contributed by atoms with Crippen molar-refractivity contribution in [2.24, 2.45) is 5.92 Å². The first-order chi connectivity index (χ1) is 12.5. The Balaban J connectivity index is 2.00. The van der Waals surface area contributed by atoms with Crippen molar-refractivity contribution in [2.45, 2.75) is 33.6 Å². The van der Waals surface area contributed by atoms with E-state index < -0.39 is 0 Å². The van der Waals surface area contributed by atoms with Gasteiger partial charge in [0.25, 0.3) is 0 Å². The number of fused-ring (bicyclic) bond motifs is 1. The number of rotatable bonds is 6. The lowest BCUT2D eigenvalue weighted by Crippen LogP contribution is -2.13. The quantitative estimate of drug-likeness (QED) is 0.674. The molecule has 2 aromatic heterocycles. The predicted octanol–water partition coefficient (Wildman–Crippen LogP) is 5.43. The van der Waals surface area contributed by atoms with Gasteiger partial charge in [-0.1, -0.05) is 43.8 Å². The van der Waals surface area contributed by atoms with Crippen molar-refractivity contribution in [2.75, 3.05) is 6.61 Å². The number of allylic oxidation sites excluding steroid dienone is 1. The van der Waals surface area contributed by atoms with Crippen LogP contribution >= 0.6 is 20.6 Å². The summed E-state index contributed by atoms with van der Waals surface area (Å²) in [5.41, 5.74) is 3.25. The first-order valence-corrected chi connectivity index (χ1v) is 10.1. The van der Waals surface area contributed by atoms with Gasteiger partial charge in [-0.3, -0.25) is 4.98 Å². The van der Waals surface area contributed by atoms with Crippen LogP contribution in [0.5, 0.6) is 5.88 Å². The van der Waals surface area contributed by atoms with Crippen LogP contribution in [-0.2, 0) is 0 Å². The highest BCUT2D eigenvalue weighted by molar-refractivity contribution is 8.16. The molecular formula is C20H24N3OPS. The highest BCUT2D eigenvalue weighted by Gasteiger charge is 2.23. The lowest BCUT2D eigenvalue weighted by atomic mass is 9.99. The summed E-state index contributed by atoms with van der Waals surface area (Å²) >= 11 is 1.64. The molecule has 0 spiro atoms. The molecule has 0 saturated heterocycles. The van der Waals surface area contributed by atoms with Gasteiger partial charge in [-0.2, -0.15) is 4.98 Å². The normalized spacial score (nSPS) is 15.7. The second kappa shape index (κ2) is 8.24. The molecular weight excluding hydrogens is 361 g/mol. The maximum absolute atomic E-state index is 5.72. The fourth-order valence-electron chi connectivity index (χ4n) is 2.70. The van der Waals surface area contributed by atoms with E-state index in [2.05, 4.69) is 46.2 Å². The second-order valence-electron chi connectivity index (χ2n) is 6.43. The number of nitrogens with one attached hydrogen (secondary N) is 1. The van der Waals surface area contributed by atoms with Crippen LogP contribution in [-0.4, -0.2) is 26.9 Å². The predicted molar refractivity (Wildman–Crippen MR) is 114 cm³/mol. The monoisotopic (exact) mass is 385 g/mol. The summed E-state index contributed by atoms with van der Waals surface area (Å²) in [7, 11) is 3.69. The zero-order chi connectivity index (χ0) is 18.7. The third-order valence-electron chi connectivity index (χ3n) is 4.70. The molecule has 0 aromatic carbocycles. The summed E-state index contributed by atoms with van der Waals surface area (Å²) in [6, 6.07) is 3.95. The van der Waals surface area contributed by atoms with Crippen molar-refractivity contribution in [3.63, 3.8) is 0 Å². The van der Waals surface area contributed by atoms with Crippen LogP contribution in [0.25, 0.3) is 9.81 Å². The molecule has 4 nitrogen and oxygen atoms in total. The highest BCUT2D eigenvalue weighted by atomic mass is 32.2. The smallest absolute Gasteiger partial charge is 0.240 e. The Hall–Kier alpha value is -1.84. The molecule has 2 aromatic rings. The van der Waals surface area contributed by atoms with Crippen LogP contribution in [0.15, 0.2) is 36.7 Å². The fraction of sp³-hybridized carbons (Fsp3) is 0.350. The van der Waals surface area contributed by atoms with E-state index in [9.17, 15) is 0 Å². The Labute approximate surface area is 161 Å². The van der Waals surface area contributed by atoms with Gasteiger partial charge in [0, 0.05) is 34.6 Å². The summed E-state index contributed by atoms with van der Waals surface area (Å²) in [4.78, 5) is 14.4. The first-order valence-electron chi connectivity index (χ1n) is 8.80. The molecule has 0 aliphatic carbocycles. The maximum atomic E-state index is 5.72. The van der Waals surface area contributed by atoms with Crippen LogP contribution in [0, 0.1) is 5.92 Å². The third kappa shape index (κ3) is 3.94. The standard InChI is InChI=1S/C20H24N3OPS/c1-5-12(2)13(3)18(26-14(4)15-7-6-9-21-11-15)19-22-17-16(25)8-10-24-20(17)23-19/h6-7,9,11-12,25H,4-5,8,10H2,1-3H3,(H,22,23)/b18-13-. The number of thioether (sulfide) groups is 1. The summed E-state index contributed by atoms with van der Waals surface area (Å²) in [6.45, 7) is 11.5. The van der Waals surface area contributed by atoms with E-state index in [1.54, 1.807) is 18.0 Å². The minimum atomic E-state index is 0.453. The van der Waals surface area contributed by atoms with Crippen LogP contribution in [0.3, 0.4) is 0 Å². The number of aromatic nitrogens is 3. The molecule has 26 heavy (non-hydrogen) atoms. The number of ether oxygens (including phenoxy) is 1. The van der Waals surface area contributed by atoms with Gasteiger partial charge in [0.2, 0.25) is 5.88 Å². The van der Waals surface area contributed by atoms with Crippen molar-refractivity contribution in [1.29, 1.82) is 0 Å². The highest BCUT2D eigenvalue weighted by Crippen LogP contribution is 2.42. The molecule has 0 fully saturated rings. The van der Waals surface area contributed by atoms with E-state index in [0.717, 1.165) is 45.0 Å². The zero-order valence-electron chi connectivity index (χ0n) is 15.4. The summed E-state index contributed by atoms with van der Waals surface area (Å²) in [6.07, 6.45) is 5.53.